The maximum absolute atomic E-state index is 13.8. The number of likely N-dealkylation sites (tertiary alicyclic amines) is 1. The number of nitrogens with zero attached hydrogens (tertiary/aromatic N) is 2. The Morgan fingerprint density at radius 2 is 1.96 bits per heavy atom. The number of benzene rings is 2. The molecule has 2 aromatic carbocycles. The summed E-state index contributed by atoms with van der Waals surface area (Å²) in [4.78, 5) is 17.2. The molecule has 0 N–H and O–H groups in total. The summed E-state index contributed by atoms with van der Waals surface area (Å²) in [6, 6.07) is 12.9. The summed E-state index contributed by atoms with van der Waals surface area (Å²) in [6.07, 6.45) is 3.00. The van der Waals surface area contributed by atoms with Gasteiger partial charge in [0.25, 0.3) is 5.91 Å². The molecule has 1 aliphatic rings. The SMILES string of the molecule is Cc1cccc(C(=O)N(C)C[C@@H]2CCCN(CCc3ccccc3F)C2)c1C. The Bertz CT molecular complexity index is 820. The third-order valence-electron chi connectivity index (χ3n) is 5.97. The van der Waals surface area contributed by atoms with Crippen molar-refractivity contribution in [3.63, 3.8) is 0 Å². The van der Waals surface area contributed by atoms with E-state index in [-0.39, 0.29) is 11.7 Å². The fourth-order valence-corrected chi connectivity index (χ4v) is 4.14. The van der Waals surface area contributed by atoms with Gasteiger partial charge in [-0.05, 0) is 74.4 Å². The van der Waals surface area contributed by atoms with Gasteiger partial charge in [0.05, 0.1) is 0 Å². The minimum absolute atomic E-state index is 0.102. The van der Waals surface area contributed by atoms with Gasteiger partial charge in [0.2, 0.25) is 0 Å². The maximum Gasteiger partial charge on any atom is 0.253 e. The summed E-state index contributed by atoms with van der Waals surface area (Å²) in [5, 5.41) is 0. The average Bonchev–Trinajstić information content (AvgIpc) is 2.69. The van der Waals surface area contributed by atoms with Crippen LogP contribution in [0.15, 0.2) is 42.5 Å². The monoisotopic (exact) mass is 382 g/mol. The van der Waals surface area contributed by atoms with E-state index >= 15 is 0 Å². The molecule has 0 aliphatic carbocycles. The van der Waals surface area contributed by atoms with E-state index in [4.69, 9.17) is 0 Å². The first kappa shape index (κ1) is 20.5. The molecule has 2 aromatic rings. The van der Waals surface area contributed by atoms with Gasteiger partial charge in [-0.25, -0.2) is 4.39 Å². The van der Waals surface area contributed by atoms with Gasteiger partial charge in [-0.2, -0.15) is 0 Å². The quantitative estimate of drug-likeness (QED) is 0.736. The van der Waals surface area contributed by atoms with E-state index in [1.807, 2.05) is 56.1 Å². The molecule has 1 heterocycles. The van der Waals surface area contributed by atoms with Crippen molar-refractivity contribution in [2.75, 3.05) is 33.2 Å². The number of aryl methyl sites for hydroxylation is 1. The smallest absolute Gasteiger partial charge is 0.253 e. The third kappa shape index (κ3) is 4.99. The van der Waals surface area contributed by atoms with E-state index in [0.717, 1.165) is 67.7 Å². The zero-order valence-electron chi connectivity index (χ0n) is 17.2. The van der Waals surface area contributed by atoms with Gasteiger partial charge in [-0.3, -0.25) is 4.79 Å². The Morgan fingerprint density at radius 3 is 2.75 bits per heavy atom. The van der Waals surface area contributed by atoms with Crippen LogP contribution in [0.3, 0.4) is 0 Å². The largest absolute Gasteiger partial charge is 0.341 e. The van der Waals surface area contributed by atoms with Crippen LogP contribution in [0, 0.1) is 25.6 Å². The molecule has 0 bridgehead atoms. The van der Waals surface area contributed by atoms with Crippen molar-refractivity contribution in [2.24, 2.45) is 5.92 Å². The highest BCUT2D eigenvalue weighted by molar-refractivity contribution is 5.95. The van der Waals surface area contributed by atoms with E-state index in [2.05, 4.69) is 4.90 Å². The fraction of sp³-hybridized carbons (Fsp3) is 0.458. The predicted octanol–water partition coefficient (Wildman–Crippen LogP) is 4.47. The van der Waals surface area contributed by atoms with Crippen molar-refractivity contribution < 1.29 is 9.18 Å². The average molecular weight is 383 g/mol. The zero-order chi connectivity index (χ0) is 20.1. The first-order valence-electron chi connectivity index (χ1n) is 10.2. The number of carbonyl (C=O) groups excluding carboxylic acids is 1. The number of hydrogen-bond donors (Lipinski definition) is 0. The van der Waals surface area contributed by atoms with Crippen molar-refractivity contribution in [3.05, 3.63) is 70.5 Å². The van der Waals surface area contributed by atoms with Gasteiger partial charge in [-0.15, -0.1) is 0 Å². The Hall–Kier alpha value is -2.20. The zero-order valence-corrected chi connectivity index (χ0v) is 17.2. The number of halogens is 1. The molecule has 3 nitrogen and oxygen atoms in total. The highest BCUT2D eigenvalue weighted by Crippen LogP contribution is 2.20. The van der Waals surface area contributed by atoms with E-state index in [9.17, 15) is 9.18 Å². The van der Waals surface area contributed by atoms with Crippen LogP contribution in [0.2, 0.25) is 0 Å². The molecule has 1 atom stereocenters. The lowest BCUT2D eigenvalue weighted by molar-refractivity contribution is 0.0729. The minimum atomic E-state index is -0.116. The lowest BCUT2D eigenvalue weighted by Gasteiger charge is -2.35. The van der Waals surface area contributed by atoms with Gasteiger partial charge in [0, 0.05) is 32.2 Å². The Kier molecular flexibility index (Phi) is 6.84. The molecular formula is C24H31FN2O. The summed E-state index contributed by atoms with van der Waals surface area (Å²) in [5.41, 5.74) is 3.80. The second-order valence-corrected chi connectivity index (χ2v) is 8.08. The van der Waals surface area contributed by atoms with Gasteiger partial charge in [0.1, 0.15) is 5.82 Å². The molecule has 1 amide bonds. The highest BCUT2D eigenvalue weighted by Gasteiger charge is 2.24. The topological polar surface area (TPSA) is 23.6 Å². The lowest BCUT2D eigenvalue weighted by atomic mass is 9.96. The van der Waals surface area contributed by atoms with Gasteiger partial charge in [0.15, 0.2) is 0 Å². The highest BCUT2D eigenvalue weighted by atomic mass is 19.1. The summed E-state index contributed by atoms with van der Waals surface area (Å²) in [6.45, 7) is 7.72. The number of rotatable bonds is 6. The maximum atomic E-state index is 13.8. The summed E-state index contributed by atoms with van der Waals surface area (Å²) < 4.78 is 13.8. The number of amides is 1. The van der Waals surface area contributed by atoms with Crippen molar-refractivity contribution >= 4 is 5.91 Å². The third-order valence-corrected chi connectivity index (χ3v) is 5.97. The van der Waals surface area contributed by atoms with E-state index in [1.54, 1.807) is 6.07 Å². The van der Waals surface area contributed by atoms with Crippen LogP contribution >= 0.6 is 0 Å². The van der Waals surface area contributed by atoms with Crippen LogP contribution in [0.1, 0.15) is 39.9 Å². The molecule has 1 aliphatic heterocycles. The molecule has 3 rings (SSSR count). The van der Waals surface area contributed by atoms with E-state index < -0.39 is 0 Å². The summed E-state index contributed by atoms with van der Waals surface area (Å²) >= 11 is 0. The van der Waals surface area contributed by atoms with Crippen molar-refractivity contribution in [1.82, 2.24) is 9.80 Å². The molecule has 0 unspecified atom stereocenters. The number of carbonyl (C=O) groups is 1. The molecule has 0 spiro atoms. The van der Waals surface area contributed by atoms with Crippen LogP contribution < -0.4 is 0 Å². The Morgan fingerprint density at radius 1 is 1.18 bits per heavy atom. The second-order valence-electron chi connectivity index (χ2n) is 8.08. The molecule has 1 fully saturated rings. The van der Waals surface area contributed by atoms with Crippen LogP contribution in [-0.2, 0) is 6.42 Å². The van der Waals surface area contributed by atoms with Crippen LogP contribution in [0.5, 0.6) is 0 Å². The van der Waals surface area contributed by atoms with Gasteiger partial charge < -0.3 is 9.80 Å². The predicted molar refractivity (Wildman–Crippen MR) is 112 cm³/mol. The molecule has 0 saturated carbocycles. The second kappa shape index (κ2) is 9.33. The van der Waals surface area contributed by atoms with E-state index in [1.165, 1.54) is 6.07 Å². The first-order valence-corrected chi connectivity index (χ1v) is 10.2. The number of piperidine rings is 1. The summed E-state index contributed by atoms with van der Waals surface area (Å²) in [5.74, 6) is 0.452. The van der Waals surface area contributed by atoms with Crippen molar-refractivity contribution in [1.29, 1.82) is 0 Å². The van der Waals surface area contributed by atoms with Crippen LogP contribution in [-0.4, -0.2) is 48.9 Å². The number of hydrogen-bond acceptors (Lipinski definition) is 2. The normalized spacial score (nSPS) is 17.5. The van der Waals surface area contributed by atoms with Crippen LogP contribution in [0.25, 0.3) is 0 Å². The Labute approximate surface area is 168 Å². The molecule has 0 aromatic heterocycles. The van der Waals surface area contributed by atoms with Crippen LogP contribution in [0.4, 0.5) is 4.39 Å². The molecule has 0 radical (unpaired) electrons. The lowest BCUT2D eigenvalue weighted by Crippen LogP contribution is -2.42. The Balaban J connectivity index is 1.54. The fourth-order valence-electron chi connectivity index (χ4n) is 4.14. The minimum Gasteiger partial charge on any atom is -0.341 e. The first-order chi connectivity index (χ1) is 13.5. The van der Waals surface area contributed by atoms with Crippen molar-refractivity contribution in [3.8, 4) is 0 Å². The summed E-state index contributed by atoms with van der Waals surface area (Å²) in [7, 11) is 1.91. The molecule has 150 valence electrons. The van der Waals surface area contributed by atoms with Gasteiger partial charge in [-0.1, -0.05) is 30.3 Å². The standard InChI is InChI=1S/C24H31FN2O/c1-18-8-6-11-22(19(18)2)24(28)26(3)16-20-9-7-14-27(17-20)15-13-21-10-4-5-12-23(21)25/h4-6,8,10-12,20H,7,9,13-17H2,1-3H3/t20-/m0/s1. The van der Waals surface area contributed by atoms with Crippen molar-refractivity contribution in [2.45, 2.75) is 33.1 Å². The molecule has 1 saturated heterocycles. The molecule has 28 heavy (non-hydrogen) atoms. The molecule has 4 heteroatoms. The van der Waals surface area contributed by atoms with E-state index in [0.29, 0.717) is 5.92 Å². The van der Waals surface area contributed by atoms with Gasteiger partial charge >= 0.3 is 0 Å². The molecular weight excluding hydrogens is 351 g/mol.